The molecule has 1 aliphatic carbocycles. The Kier molecular flexibility index (Phi) is 5.87. The van der Waals surface area contributed by atoms with E-state index in [1.54, 1.807) is 0 Å². The Hall–Kier alpha value is -0.540. The maximum atomic E-state index is 12.3. The molecule has 1 unspecified atom stereocenters. The van der Waals surface area contributed by atoms with Gasteiger partial charge in [-0.3, -0.25) is 4.79 Å². The van der Waals surface area contributed by atoms with Gasteiger partial charge in [-0.15, -0.1) is 12.4 Å². The van der Waals surface area contributed by atoms with Crippen molar-refractivity contribution < 1.29 is 4.79 Å². The molecule has 0 radical (unpaired) electrons. The quantitative estimate of drug-likeness (QED) is 0.794. The molecule has 2 aliphatic rings. The number of rotatable bonds is 2. The molecule has 4 heteroatoms. The van der Waals surface area contributed by atoms with Gasteiger partial charge < -0.3 is 10.6 Å². The zero-order valence-corrected chi connectivity index (χ0v) is 12.9. The van der Waals surface area contributed by atoms with E-state index in [1.807, 2.05) is 18.7 Å². The lowest BCUT2D eigenvalue weighted by Crippen LogP contribution is -2.53. The van der Waals surface area contributed by atoms with Crippen LogP contribution >= 0.6 is 12.4 Å². The van der Waals surface area contributed by atoms with E-state index in [2.05, 4.69) is 12.2 Å². The number of nitrogens with two attached hydrogens (primary N) is 1. The first-order chi connectivity index (χ1) is 8.54. The summed E-state index contributed by atoms with van der Waals surface area (Å²) in [6.07, 6.45) is 10.5. The first kappa shape index (κ1) is 16.5. The number of hydrogen-bond acceptors (Lipinski definition) is 2. The van der Waals surface area contributed by atoms with Gasteiger partial charge >= 0.3 is 0 Å². The number of carbonyl (C=O) groups is 1. The lowest BCUT2D eigenvalue weighted by Gasteiger charge is -2.44. The SMILES string of the molecule is CC(C)[C@H](N)C(=O)N1CCCC2(CC=CCC2)C1.Cl. The average Bonchev–Trinajstić information content (AvgIpc) is 2.38. The van der Waals surface area contributed by atoms with Gasteiger partial charge in [0.1, 0.15) is 0 Å². The Balaban J connectivity index is 0.00000180. The fourth-order valence-corrected chi connectivity index (χ4v) is 3.21. The molecule has 2 N–H and O–H groups in total. The maximum absolute atomic E-state index is 12.3. The minimum atomic E-state index is -0.334. The molecule has 1 aliphatic heterocycles. The summed E-state index contributed by atoms with van der Waals surface area (Å²) < 4.78 is 0. The highest BCUT2D eigenvalue weighted by Crippen LogP contribution is 2.40. The van der Waals surface area contributed by atoms with Gasteiger partial charge in [0.15, 0.2) is 0 Å². The molecule has 0 bridgehead atoms. The van der Waals surface area contributed by atoms with E-state index in [9.17, 15) is 4.79 Å². The second-order valence-electron chi connectivity index (χ2n) is 6.35. The third-order valence-electron chi connectivity index (χ3n) is 4.54. The molecule has 0 aromatic carbocycles. The molecular formula is C15H27ClN2O. The van der Waals surface area contributed by atoms with Crippen molar-refractivity contribution in [1.82, 2.24) is 4.90 Å². The van der Waals surface area contributed by atoms with E-state index in [1.165, 1.54) is 12.8 Å². The highest BCUT2D eigenvalue weighted by Gasteiger charge is 2.38. The van der Waals surface area contributed by atoms with E-state index in [0.29, 0.717) is 5.41 Å². The third-order valence-corrected chi connectivity index (χ3v) is 4.54. The minimum Gasteiger partial charge on any atom is -0.341 e. The summed E-state index contributed by atoms with van der Waals surface area (Å²) in [6.45, 7) is 5.85. The standard InChI is InChI=1S/C15H26N2O.ClH/c1-12(2)13(16)14(18)17-10-6-9-15(11-17)7-4-3-5-8-15;/h3-4,12-13H,5-11,16H2,1-2H3;1H/t13-,15?;/m0./s1. The van der Waals surface area contributed by atoms with E-state index >= 15 is 0 Å². The molecule has 1 spiro atoms. The molecule has 19 heavy (non-hydrogen) atoms. The Morgan fingerprint density at radius 3 is 2.63 bits per heavy atom. The lowest BCUT2D eigenvalue weighted by atomic mass is 9.71. The zero-order chi connectivity index (χ0) is 13.2. The van der Waals surface area contributed by atoms with Crippen LogP contribution in [0.5, 0.6) is 0 Å². The van der Waals surface area contributed by atoms with E-state index in [0.717, 1.165) is 32.4 Å². The fourth-order valence-electron chi connectivity index (χ4n) is 3.21. The number of halogens is 1. The van der Waals surface area contributed by atoms with Crippen molar-refractivity contribution in [3.63, 3.8) is 0 Å². The van der Waals surface area contributed by atoms with Gasteiger partial charge in [-0.25, -0.2) is 0 Å². The molecule has 3 nitrogen and oxygen atoms in total. The van der Waals surface area contributed by atoms with Crippen molar-refractivity contribution in [3.05, 3.63) is 12.2 Å². The normalized spacial score (nSPS) is 28.3. The van der Waals surface area contributed by atoms with Crippen LogP contribution in [0.25, 0.3) is 0 Å². The number of allylic oxidation sites excluding steroid dienone is 2. The maximum Gasteiger partial charge on any atom is 0.239 e. The summed E-state index contributed by atoms with van der Waals surface area (Å²) in [4.78, 5) is 14.4. The molecule has 1 saturated heterocycles. The van der Waals surface area contributed by atoms with Crippen LogP contribution in [0.2, 0.25) is 0 Å². The van der Waals surface area contributed by atoms with Gasteiger partial charge in [-0.2, -0.15) is 0 Å². The predicted molar refractivity (Wildman–Crippen MR) is 81.3 cm³/mol. The summed E-state index contributed by atoms with van der Waals surface area (Å²) in [5.41, 5.74) is 6.35. The van der Waals surface area contributed by atoms with Gasteiger partial charge in [0.2, 0.25) is 5.91 Å². The van der Waals surface area contributed by atoms with Crippen LogP contribution in [0.1, 0.15) is 46.0 Å². The van der Waals surface area contributed by atoms with Crippen LogP contribution in [0.3, 0.4) is 0 Å². The average molecular weight is 287 g/mol. The molecule has 0 aromatic rings. The van der Waals surface area contributed by atoms with Gasteiger partial charge in [0, 0.05) is 13.1 Å². The van der Waals surface area contributed by atoms with Crippen LogP contribution < -0.4 is 5.73 Å². The zero-order valence-electron chi connectivity index (χ0n) is 12.1. The van der Waals surface area contributed by atoms with Crippen molar-refractivity contribution >= 4 is 18.3 Å². The minimum absolute atomic E-state index is 0. The van der Waals surface area contributed by atoms with Gasteiger partial charge in [0.05, 0.1) is 6.04 Å². The van der Waals surface area contributed by atoms with Gasteiger partial charge in [-0.1, -0.05) is 26.0 Å². The summed E-state index contributed by atoms with van der Waals surface area (Å²) in [7, 11) is 0. The fraction of sp³-hybridized carbons (Fsp3) is 0.800. The van der Waals surface area contributed by atoms with Crippen molar-refractivity contribution in [3.8, 4) is 0 Å². The van der Waals surface area contributed by atoms with Crippen LogP contribution in [0.4, 0.5) is 0 Å². The number of nitrogens with zero attached hydrogens (tertiary/aromatic N) is 1. The van der Waals surface area contributed by atoms with E-state index in [-0.39, 0.29) is 30.3 Å². The lowest BCUT2D eigenvalue weighted by molar-refractivity contribution is -0.137. The molecule has 110 valence electrons. The van der Waals surface area contributed by atoms with E-state index in [4.69, 9.17) is 5.73 Å². The van der Waals surface area contributed by atoms with Gasteiger partial charge in [0.25, 0.3) is 0 Å². The topological polar surface area (TPSA) is 46.3 Å². The van der Waals surface area contributed by atoms with Crippen molar-refractivity contribution in [1.29, 1.82) is 0 Å². The molecule has 2 rings (SSSR count). The van der Waals surface area contributed by atoms with Gasteiger partial charge in [-0.05, 0) is 43.4 Å². The number of piperidine rings is 1. The first-order valence-electron chi connectivity index (χ1n) is 7.23. The second kappa shape index (κ2) is 6.76. The number of likely N-dealkylation sites (tertiary alicyclic amines) is 1. The van der Waals surface area contributed by atoms with Crippen LogP contribution in [0, 0.1) is 11.3 Å². The predicted octanol–water partition coefficient (Wildman–Crippen LogP) is 2.74. The molecule has 2 atom stereocenters. The molecule has 1 heterocycles. The number of carbonyl (C=O) groups excluding carboxylic acids is 1. The van der Waals surface area contributed by atoms with Crippen molar-refractivity contribution in [2.75, 3.05) is 13.1 Å². The molecular weight excluding hydrogens is 260 g/mol. The van der Waals surface area contributed by atoms with E-state index < -0.39 is 0 Å². The highest BCUT2D eigenvalue weighted by molar-refractivity contribution is 5.85. The van der Waals surface area contributed by atoms with Crippen LogP contribution in [0.15, 0.2) is 12.2 Å². The summed E-state index contributed by atoms with van der Waals surface area (Å²) >= 11 is 0. The Bertz CT molecular complexity index is 343. The monoisotopic (exact) mass is 286 g/mol. The summed E-state index contributed by atoms with van der Waals surface area (Å²) in [5, 5.41) is 0. The second-order valence-corrected chi connectivity index (χ2v) is 6.35. The molecule has 1 amide bonds. The highest BCUT2D eigenvalue weighted by atomic mass is 35.5. The smallest absolute Gasteiger partial charge is 0.239 e. The Morgan fingerprint density at radius 1 is 1.32 bits per heavy atom. The summed E-state index contributed by atoms with van der Waals surface area (Å²) in [5.74, 6) is 0.375. The van der Waals surface area contributed by atoms with Crippen LogP contribution in [-0.4, -0.2) is 29.9 Å². The van der Waals surface area contributed by atoms with Crippen molar-refractivity contribution in [2.45, 2.75) is 52.0 Å². The van der Waals surface area contributed by atoms with Crippen molar-refractivity contribution in [2.24, 2.45) is 17.1 Å². The number of hydrogen-bond donors (Lipinski definition) is 1. The van der Waals surface area contributed by atoms with Crippen LogP contribution in [-0.2, 0) is 4.79 Å². The molecule has 0 saturated carbocycles. The Morgan fingerprint density at radius 2 is 2.05 bits per heavy atom. The molecule has 1 fully saturated rings. The number of amides is 1. The largest absolute Gasteiger partial charge is 0.341 e. The summed E-state index contributed by atoms with van der Waals surface area (Å²) in [6, 6.07) is -0.334. The Labute approximate surface area is 123 Å². The first-order valence-corrected chi connectivity index (χ1v) is 7.23. The third kappa shape index (κ3) is 3.73. The molecule has 0 aromatic heterocycles.